The molecule has 3 heteroatoms. The molecule has 0 radical (unpaired) electrons. The van der Waals surface area contributed by atoms with Gasteiger partial charge in [0, 0.05) is 11.8 Å². The SMILES string of the molecule is CC(=O)[C@@H]1C[C@]2(O)[C@@H]([C@H]1O)[C@H](C(C)C)CC[C@H]2C. The van der Waals surface area contributed by atoms with Gasteiger partial charge in [0.15, 0.2) is 0 Å². The van der Waals surface area contributed by atoms with Crippen LogP contribution in [0.4, 0.5) is 0 Å². The largest absolute Gasteiger partial charge is 0.392 e. The Balaban J connectivity index is 2.35. The third-order valence-corrected chi connectivity index (χ3v) is 5.53. The van der Waals surface area contributed by atoms with Gasteiger partial charge in [-0.25, -0.2) is 0 Å². The monoisotopic (exact) mass is 254 g/mol. The molecule has 104 valence electrons. The number of carbonyl (C=O) groups excluding carboxylic acids is 1. The zero-order chi connectivity index (χ0) is 13.7. The number of hydrogen-bond donors (Lipinski definition) is 2. The van der Waals surface area contributed by atoms with E-state index in [-0.39, 0.29) is 23.5 Å². The molecule has 0 aromatic carbocycles. The number of rotatable bonds is 2. The smallest absolute Gasteiger partial charge is 0.135 e. The summed E-state index contributed by atoms with van der Waals surface area (Å²) in [5.74, 6) is 0.452. The van der Waals surface area contributed by atoms with E-state index in [4.69, 9.17) is 0 Å². The molecule has 2 aliphatic rings. The van der Waals surface area contributed by atoms with Gasteiger partial charge in [-0.15, -0.1) is 0 Å². The van der Waals surface area contributed by atoms with Gasteiger partial charge in [-0.3, -0.25) is 4.79 Å². The van der Waals surface area contributed by atoms with E-state index in [1.807, 2.05) is 0 Å². The van der Waals surface area contributed by atoms with Crippen LogP contribution in [0.25, 0.3) is 0 Å². The molecule has 2 rings (SSSR count). The molecule has 0 saturated heterocycles. The molecule has 0 heterocycles. The fraction of sp³-hybridized carbons (Fsp3) is 0.933. The third-order valence-electron chi connectivity index (χ3n) is 5.53. The molecule has 0 aromatic heterocycles. The number of aliphatic hydroxyl groups is 2. The molecular weight excluding hydrogens is 228 g/mol. The molecule has 0 amide bonds. The molecule has 2 aliphatic carbocycles. The Bertz CT molecular complexity index is 339. The summed E-state index contributed by atoms with van der Waals surface area (Å²) in [6.45, 7) is 7.88. The summed E-state index contributed by atoms with van der Waals surface area (Å²) in [5, 5.41) is 21.5. The highest BCUT2D eigenvalue weighted by molar-refractivity contribution is 5.79. The second-order valence-electron chi connectivity index (χ2n) is 6.82. The second kappa shape index (κ2) is 4.61. The molecule has 0 bridgehead atoms. The fourth-order valence-electron chi connectivity index (χ4n) is 4.31. The second-order valence-corrected chi connectivity index (χ2v) is 6.82. The van der Waals surface area contributed by atoms with Crippen LogP contribution < -0.4 is 0 Å². The van der Waals surface area contributed by atoms with Gasteiger partial charge < -0.3 is 10.2 Å². The van der Waals surface area contributed by atoms with Gasteiger partial charge in [0.25, 0.3) is 0 Å². The highest BCUT2D eigenvalue weighted by Crippen LogP contribution is 2.55. The number of hydrogen-bond acceptors (Lipinski definition) is 3. The number of fused-ring (bicyclic) bond motifs is 1. The average molecular weight is 254 g/mol. The van der Waals surface area contributed by atoms with Gasteiger partial charge in [-0.1, -0.05) is 20.8 Å². The Morgan fingerprint density at radius 3 is 2.44 bits per heavy atom. The Labute approximate surface area is 110 Å². The Morgan fingerprint density at radius 1 is 1.33 bits per heavy atom. The van der Waals surface area contributed by atoms with E-state index < -0.39 is 11.7 Å². The van der Waals surface area contributed by atoms with Crippen LogP contribution in [0.15, 0.2) is 0 Å². The summed E-state index contributed by atoms with van der Waals surface area (Å²) >= 11 is 0. The summed E-state index contributed by atoms with van der Waals surface area (Å²) in [6.07, 6.45) is 1.82. The quantitative estimate of drug-likeness (QED) is 0.792. The van der Waals surface area contributed by atoms with Crippen LogP contribution in [0.3, 0.4) is 0 Å². The highest BCUT2D eigenvalue weighted by Gasteiger charge is 2.60. The number of carbonyl (C=O) groups is 1. The van der Waals surface area contributed by atoms with Crippen LogP contribution >= 0.6 is 0 Å². The maximum Gasteiger partial charge on any atom is 0.135 e. The van der Waals surface area contributed by atoms with Crippen molar-refractivity contribution in [3.8, 4) is 0 Å². The molecule has 2 N–H and O–H groups in total. The molecule has 0 spiro atoms. The van der Waals surface area contributed by atoms with Crippen molar-refractivity contribution in [2.75, 3.05) is 0 Å². The van der Waals surface area contributed by atoms with Crippen LogP contribution in [-0.2, 0) is 4.79 Å². The average Bonchev–Trinajstić information content (AvgIpc) is 2.54. The summed E-state index contributed by atoms with van der Waals surface area (Å²) < 4.78 is 0. The fourth-order valence-corrected chi connectivity index (χ4v) is 4.31. The molecule has 6 atom stereocenters. The predicted octanol–water partition coefficient (Wildman–Crippen LogP) is 2.01. The van der Waals surface area contributed by atoms with Gasteiger partial charge in [0.05, 0.1) is 11.7 Å². The van der Waals surface area contributed by atoms with Crippen molar-refractivity contribution in [3.05, 3.63) is 0 Å². The van der Waals surface area contributed by atoms with E-state index in [0.717, 1.165) is 12.8 Å². The maximum atomic E-state index is 11.7. The van der Waals surface area contributed by atoms with Crippen molar-refractivity contribution >= 4 is 5.78 Å². The summed E-state index contributed by atoms with van der Waals surface area (Å²) in [4.78, 5) is 11.7. The summed E-state index contributed by atoms with van der Waals surface area (Å²) in [7, 11) is 0. The zero-order valence-corrected chi connectivity index (χ0v) is 11.9. The predicted molar refractivity (Wildman–Crippen MR) is 70.0 cm³/mol. The van der Waals surface area contributed by atoms with Crippen LogP contribution in [0.5, 0.6) is 0 Å². The Morgan fingerprint density at radius 2 is 1.94 bits per heavy atom. The number of ketones is 1. The van der Waals surface area contributed by atoms with E-state index in [1.165, 1.54) is 6.92 Å². The minimum atomic E-state index is -0.844. The number of Topliss-reactive ketones (excluding diaryl/α,β-unsaturated/α-hetero) is 1. The van der Waals surface area contributed by atoms with E-state index in [2.05, 4.69) is 20.8 Å². The lowest BCUT2D eigenvalue weighted by Gasteiger charge is -2.47. The molecular formula is C15H26O3. The van der Waals surface area contributed by atoms with Crippen molar-refractivity contribution < 1.29 is 15.0 Å². The van der Waals surface area contributed by atoms with Gasteiger partial charge in [-0.05, 0) is 43.9 Å². The van der Waals surface area contributed by atoms with E-state index in [1.54, 1.807) is 0 Å². The first-order valence-corrected chi connectivity index (χ1v) is 7.20. The van der Waals surface area contributed by atoms with E-state index in [9.17, 15) is 15.0 Å². The van der Waals surface area contributed by atoms with Crippen molar-refractivity contribution in [1.82, 2.24) is 0 Å². The Kier molecular flexibility index (Phi) is 3.58. The minimum absolute atomic E-state index is 0.0139. The lowest BCUT2D eigenvalue weighted by atomic mass is 9.62. The van der Waals surface area contributed by atoms with Crippen LogP contribution in [-0.4, -0.2) is 27.7 Å². The lowest BCUT2D eigenvalue weighted by Crippen LogP contribution is -2.51. The summed E-state index contributed by atoms with van der Waals surface area (Å²) in [6, 6.07) is 0. The first kappa shape index (κ1) is 14.0. The van der Waals surface area contributed by atoms with E-state index >= 15 is 0 Å². The zero-order valence-electron chi connectivity index (χ0n) is 11.9. The van der Waals surface area contributed by atoms with Crippen LogP contribution in [0.1, 0.15) is 47.0 Å². The maximum absolute atomic E-state index is 11.7. The molecule has 0 aliphatic heterocycles. The molecule has 2 fully saturated rings. The molecule has 0 aromatic rings. The van der Waals surface area contributed by atoms with Crippen molar-refractivity contribution in [2.24, 2.45) is 29.6 Å². The standard InChI is InChI=1S/C15H26O3/c1-8(2)11-6-5-9(3)15(18)7-12(10(4)16)14(17)13(11)15/h8-9,11-14,17-18H,5-7H2,1-4H3/t9-,11+,12+,13-,14+,15-/m1/s1. The minimum Gasteiger partial charge on any atom is -0.392 e. The van der Waals surface area contributed by atoms with Crippen LogP contribution in [0.2, 0.25) is 0 Å². The Hall–Kier alpha value is -0.410. The van der Waals surface area contributed by atoms with E-state index in [0.29, 0.717) is 18.3 Å². The topological polar surface area (TPSA) is 57.5 Å². The third kappa shape index (κ3) is 1.92. The van der Waals surface area contributed by atoms with Gasteiger partial charge >= 0.3 is 0 Å². The van der Waals surface area contributed by atoms with Gasteiger partial charge in [-0.2, -0.15) is 0 Å². The highest BCUT2D eigenvalue weighted by atomic mass is 16.3. The van der Waals surface area contributed by atoms with Crippen LogP contribution in [0, 0.1) is 29.6 Å². The molecule has 18 heavy (non-hydrogen) atoms. The van der Waals surface area contributed by atoms with Crippen molar-refractivity contribution in [3.63, 3.8) is 0 Å². The molecule has 0 unspecified atom stereocenters. The summed E-state index contributed by atoms with van der Waals surface area (Å²) in [5.41, 5.74) is -0.844. The van der Waals surface area contributed by atoms with Crippen molar-refractivity contribution in [2.45, 2.75) is 58.7 Å². The normalized spacial score (nSPS) is 48.3. The molecule has 2 saturated carbocycles. The van der Waals surface area contributed by atoms with Gasteiger partial charge in [0.2, 0.25) is 0 Å². The molecule has 3 nitrogen and oxygen atoms in total. The van der Waals surface area contributed by atoms with Gasteiger partial charge in [0.1, 0.15) is 5.78 Å². The first-order chi connectivity index (χ1) is 8.29. The first-order valence-electron chi connectivity index (χ1n) is 7.20. The lowest BCUT2D eigenvalue weighted by molar-refractivity contribution is -0.126. The number of aliphatic hydroxyl groups excluding tert-OH is 1. The van der Waals surface area contributed by atoms with Crippen molar-refractivity contribution in [1.29, 1.82) is 0 Å².